The summed E-state index contributed by atoms with van der Waals surface area (Å²) >= 11 is 0. The van der Waals surface area contributed by atoms with Gasteiger partial charge in [-0.3, -0.25) is 4.79 Å². The zero-order valence-corrected chi connectivity index (χ0v) is 3.80. The molecule has 0 bridgehead atoms. The van der Waals surface area contributed by atoms with E-state index in [4.69, 9.17) is 5.26 Å². The molecule has 0 radical (unpaired) electrons. The number of aromatic nitrogens is 3. The molecule has 0 aliphatic carbocycles. The Morgan fingerprint density at radius 3 is 2.75 bits per heavy atom. The molecule has 0 aromatic carbocycles. The maximum atomic E-state index is 10.3. The minimum Gasteiger partial charge on any atom is -0.265 e. The van der Waals surface area contributed by atoms with Crippen LogP contribution >= 0.6 is 0 Å². The summed E-state index contributed by atoms with van der Waals surface area (Å²) in [6.07, 6.45) is 0. The summed E-state index contributed by atoms with van der Waals surface area (Å²) in [5, 5.41) is 15.6. The van der Waals surface area contributed by atoms with E-state index < -0.39 is 5.56 Å². The number of hydrogen-bond acceptors (Lipinski definition) is 3. The maximum absolute atomic E-state index is 10.3. The van der Waals surface area contributed by atoms with Crippen molar-refractivity contribution in [1.29, 1.82) is 5.26 Å². The molecular weight excluding hydrogens is 108 g/mol. The first kappa shape index (κ1) is 4.59. The van der Waals surface area contributed by atoms with Crippen LogP contribution < -0.4 is 5.56 Å². The third kappa shape index (κ3) is 0.479. The van der Waals surface area contributed by atoms with E-state index >= 15 is 0 Å². The average Bonchev–Trinajstić information content (AvgIpc) is 2.14. The van der Waals surface area contributed by atoms with Crippen LogP contribution in [0.2, 0.25) is 0 Å². The Kier molecular flexibility index (Phi) is 0.860. The molecule has 1 aromatic heterocycles. The largest absolute Gasteiger partial charge is 0.302 e. The fourth-order valence-corrected chi connectivity index (χ4v) is 0.320. The molecule has 5 nitrogen and oxygen atoms in total. The minimum atomic E-state index is -0.479. The van der Waals surface area contributed by atoms with Gasteiger partial charge >= 0.3 is 5.56 Å². The number of nitriles is 1. The van der Waals surface area contributed by atoms with Crippen LogP contribution in [-0.2, 0) is 0 Å². The molecule has 40 valence electrons. The lowest BCUT2D eigenvalue weighted by atomic mass is 10.5. The van der Waals surface area contributed by atoms with Gasteiger partial charge in [-0.2, -0.15) is 5.26 Å². The van der Waals surface area contributed by atoms with Gasteiger partial charge in [-0.1, -0.05) is 0 Å². The van der Waals surface area contributed by atoms with Gasteiger partial charge in [0, 0.05) is 0 Å². The highest BCUT2D eigenvalue weighted by atomic mass is 16.1. The Morgan fingerprint density at radius 2 is 2.50 bits per heavy atom. The molecule has 1 heterocycles. The van der Waals surface area contributed by atoms with Gasteiger partial charge in [0.05, 0.1) is 0 Å². The summed E-state index contributed by atoms with van der Waals surface area (Å²) in [5.41, 5.74) is -0.613. The van der Waals surface area contributed by atoms with Crippen LogP contribution in [0.1, 0.15) is 5.69 Å². The van der Waals surface area contributed by atoms with Crippen LogP contribution in [0.15, 0.2) is 4.79 Å². The van der Waals surface area contributed by atoms with Gasteiger partial charge in [0.2, 0.25) is 5.69 Å². The minimum absolute atomic E-state index is 0.134. The Morgan fingerprint density at radius 1 is 1.75 bits per heavy atom. The van der Waals surface area contributed by atoms with E-state index in [2.05, 4.69) is 15.4 Å². The summed E-state index contributed by atoms with van der Waals surface area (Å²) in [7, 11) is 0. The van der Waals surface area contributed by atoms with Crippen molar-refractivity contribution >= 4 is 0 Å². The Labute approximate surface area is 43.9 Å². The van der Waals surface area contributed by atoms with Gasteiger partial charge in [0.1, 0.15) is 6.07 Å². The summed E-state index contributed by atoms with van der Waals surface area (Å²) in [5.74, 6) is 0. The standard InChI is InChI=1S/C3H2N4O/c4-1-2-3(8)6-7-5-2/h(H2,5,6,7,8). The molecular formula is C3H2N4O. The maximum Gasteiger partial charge on any atom is 0.302 e. The van der Waals surface area contributed by atoms with E-state index in [-0.39, 0.29) is 5.69 Å². The first-order valence-electron chi connectivity index (χ1n) is 1.87. The van der Waals surface area contributed by atoms with Crippen LogP contribution in [-0.4, -0.2) is 15.4 Å². The number of hydrogen-bond donors (Lipinski definition) is 2. The molecule has 8 heavy (non-hydrogen) atoms. The topological polar surface area (TPSA) is 85.3 Å². The SMILES string of the molecule is N#Cc1n[nH][nH]c1=O. The van der Waals surface area contributed by atoms with Crippen molar-refractivity contribution in [3.8, 4) is 6.07 Å². The van der Waals surface area contributed by atoms with Crippen molar-refractivity contribution in [2.24, 2.45) is 0 Å². The molecule has 1 aromatic rings. The van der Waals surface area contributed by atoms with Crippen LogP contribution in [0, 0.1) is 11.3 Å². The second kappa shape index (κ2) is 1.50. The molecule has 5 heteroatoms. The van der Waals surface area contributed by atoms with Gasteiger partial charge < -0.3 is 0 Å². The smallest absolute Gasteiger partial charge is 0.265 e. The molecule has 0 aliphatic heterocycles. The summed E-state index contributed by atoms with van der Waals surface area (Å²) in [4.78, 5) is 10.3. The van der Waals surface area contributed by atoms with E-state index in [9.17, 15) is 4.79 Å². The normalized spacial score (nSPS) is 8.38. The molecule has 1 rings (SSSR count). The van der Waals surface area contributed by atoms with E-state index in [0.29, 0.717) is 0 Å². The third-order valence-electron chi connectivity index (χ3n) is 0.658. The van der Waals surface area contributed by atoms with Crippen LogP contribution in [0.4, 0.5) is 0 Å². The van der Waals surface area contributed by atoms with E-state index in [1.807, 2.05) is 0 Å². The first-order valence-corrected chi connectivity index (χ1v) is 1.87. The Hall–Kier alpha value is -1.57. The average molecular weight is 110 g/mol. The lowest BCUT2D eigenvalue weighted by Crippen LogP contribution is -2.01. The van der Waals surface area contributed by atoms with Gasteiger partial charge in [0.25, 0.3) is 0 Å². The van der Waals surface area contributed by atoms with Crippen LogP contribution in [0.3, 0.4) is 0 Å². The number of aromatic amines is 2. The molecule has 0 aliphatic rings. The molecule has 0 unspecified atom stereocenters. The zero-order valence-electron chi connectivity index (χ0n) is 3.80. The number of nitrogens with zero attached hydrogens (tertiary/aromatic N) is 2. The lowest BCUT2D eigenvalue weighted by Gasteiger charge is -1.59. The highest BCUT2D eigenvalue weighted by Gasteiger charge is 1.95. The van der Waals surface area contributed by atoms with Crippen molar-refractivity contribution < 1.29 is 0 Å². The molecule has 0 saturated carbocycles. The van der Waals surface area contributed by atoms with Crippen LogP contribution in [0.25, 0.3) is 0 Å². The monoisotopic (exact) mass is 110 g/mol. The predicted octanol–water partition coefficient (Wildman–Crippen LogP) is -1.03. The van der Waals surface area contributed by atoms with Gasteiger partial charge in [0.15, 0.2) is 0 Å². The highest BCUT2D eigenvalue weighted by Crippen LogP contribution is 1.69. The Balaban J connectivity index is 3.37. The van der Waals surface area contributed by atoms with Crippen molar-refractivity contribution in [2.45, 2.75) is 0 Å². The van der Waals surface area contributed by atoms with Gasteiger partial charge in [-0.15, -0.1) is 5.10 Å². The molecule has 0 atom stereocenters. The number of H-pyrrole nitrogens is 2. The van der Waals surface area contributed by atoms with E-state index in [1.54, 1.807) is 6.07 Å². The third-order valence-corrected chi connectivity index (χ3v) is 0.658. The predicted molar refractivity (Wildman–Crippen MR) is 23.9 cm³/mol. The molecule has 0 saturated heterocycles. The highest BCUT2D eigenvalue weighted by molar-refractivity contribution is 5.12. The molecule has 0 fully saturated rings. The zero-order chi connectivity index (χ0) is 5.98. The summed E-state index contributed by atoms with van der Waals surface area (Å²) in [6.45, 7) is 0. The first-order chi connectivity index (χ1) is 3.84. The van der Waals surface area contributed by atoms with E-state index in [0.717, 1.165) is 0 Å². The Bertz CT molecular complexity index is 263. The van der Waals surface area contributed by atoms with E-state index in [1.165, 1.54) is 0 Å². The van der Waals surface area contributed by atoms with Crippen molar-refractivity contribution in [3.63, 3.8) is 0 Å². The fourth-order valence-electron chi connectivity index (χ4n) is 0.320. The second-order valence-corrected chi connectivity index (χ2v) is 1.14. The number of nitrogens with one attached hydrogen (secondary N) is 2. The molecule has 0 amide bonds. The van der Waals surface area contributed by atoms with Gasteiger partial charge in [-0.05, 0) is 0 Å². The van der Waals surface area contributed by atoms with Crippen molar-refractivity contribution in [1.82, 2.24) is 15.4 Å². The lowest BCUT2D eigenvalue weighted by molar-refractivity contribution is 0.927. The van der Waals surface area contributed by atoms with Crippen molar-refractivity contribution in [2.75, 3.05) is 0 Å². The number of rotatable bonds is 0. The summed E-state index contributed by atoms with van der Waals surface area (Å²) in [6, 6.07) is 1.59. The second-order valence-electron chi connectivity index (χ2n) is 1.14. The fraction of sp³-hybridized carbons (Fsp3) is 0. The molecule has 0 spiro atoms. The molecule has 2 N–H and O–H groups in total. The summed E-state index contributed by atoms with van der Waals surface area (Å²) < 4.78 is 0. The quantitative estimate of drug-likeness (QED) is 0.447. The van der Waals surface area contributed by atoms with Crippen LogP contribution in [0.5, 0.6) is 0 Å². The van der Waals surface area contributed by atoms with Gasteiger partial charge in [-0.25, -0.2) is 10.3 Å². The van der Waals surface area contributed by atoms with Crippen molar-refractivity contribution in [3.05, 3.63) is 16.0 Å².